The molecule has 1 amide bonds. The molecule has 19 heavy (non-hydrogen) atoms. The van der Waals surface area contributed by atoms with Gasteiger partial charge in [0, 0.05) is 37.9 Å². The van der Waals surface area contributed by atoms with Crippen LogP contribution < -0.4 is 20.9 Å². The van der Waals surface area contributed by atoms with Crippen molar-refractivity contribution in [2.45, 2.75) is 0 Å². The van der Waals surface area contributed by atoms with Crippen molar-refractivity contribution in [2.75, 3.05) is 44.7 Å². The summed E-state index contributed by atoms with van der Waals surface area (Å²) in [5.41, 5.74) is 3.31. The fourth-order valence-electron chi connectivity index (χ4n) is 2.22. The molecule has 0 unspecified atom stereocenters. The number of hydrogen-bond donors (Lipinski definition) is 2. The molecule has 1 heterocycles. The Balaban J connectivity index is 1.90. The number of benzene rings is 1. The Bertz CT molecular complexity index is 430. The van der Waals surface area contributed by atoms with E-state index in [0.717, 1.165) is 37.6 Å². The molecule has 6 heteroatoms. The van der Waals surface area contributed by atoms with Gasteiger partial charge in [0.15, 0.2) is 0 Å². The van der Waals surface area contributed by atoms with Crippen molar-refractivity contribution in [3.8, 4) is 5.75 Å². The molecular weight excluding hydrogens is 244 g/mol. The molecule has 0 aliphatic carbocycles. The van der Waals surface area contributed by atoms with Gasteiger partial charge in [-0.2, -0.15) is 0 Å². The minimum Gasteiger partial charge on any atom is -0.497 e. The molecule has 1 aromatic rings. The van der Waals surface area contributed by atoms with Gasteiger partial charge >= 0.3 is 0 Å². The third-order valence-electron chi connectivity index (χ3n) is 3.32. The monoisotopic (exact) mass is 264 g/mol. The largest absolute Gasteiger partial charge is 0.497 e. The van der Waals surface area contributed by atoms with E-state index in [1.54, 1.807) is 7.11 Å². The normalized spacial score (nSPS) is 16.2. The maximum Gasteiger partial charge on any atom is 0.248 e. The summed E-state index contributed by atoms with van der Waals surface area (Å²) in [5.74, 6) is 5.81. The molecule has 0 atom stereocenters. The number of piperazine rings is 1. The zero-order chi connectivity index (χ0) is 13.7. The zero-order valence-electron chi connectivity index (χ0n) is 11.1. The minimum atomic E-state index is -0.144. The highest BCUT2D eigenvalue weighted by molar-refractivity contribution is 5.77. The maximum absolute atomic E-state index is 11.2. The van der Waals surface area contributed by atoms with Gasteiger partial charge in [-0.3, -0.25) is 15.1 Å². The van der Waals surface area contributed by atoms with Crippen molar-refractivity contribution in [2.24, 2.45) is 5.84 Å². The number of nitrogens with one attached hydrogen (secondary N) is 1. The Kier molecular flexibility index (Phi) is 4.59. The summed E-state index contributed by atoms with van der Waals surface area (Å²) in [6.45, 7) is 3.85. The van der Waals surface area contributed by atoms with Crippen LogP contribution in [0.3, 0.4) is 0 Å². The predicted octanol–water partition coefficient (Wildman–Crippen LogP) is -0.193. The van der Waals surface area contributed by atoms with Crippen LogP contribution in [0.15, 0.2) is 24.3 Å². The second kappa shape index (κ2) is 6.40. The summed E-state index contributed by atoms with van der Waals surface area (Å²) in [5, 5.41) is 0. The molecule has 1 aliphatic heterocycles. The Labute approximate surface area is 113 Å². The van der Waals surface area contributed by atoms with Crippen LogP contribution in [0.2, 0.25) is 0 Å². The van der Waals surface area contributed by atoms with Crippen LogP contribution in [0.1, 0.15) is 0 Å². The van der Waals surface area contributed by atoms with Crippen LogP contribution in [-0.4, -0.2) is 50.6 Å². The fourth-order valence-corrected chi connectivity index (χ4v) is 2.22. The number of anilines is 1. The number of ether oxygens (including phenoxy) is 1. The van der Waals surface area contributed by atoms with Crippen molar-refractivity contribution in [3.05, 3.63) is 24.3 Å². The first kappa shape index (κ1) is 13.6. The van der Waals surface area contributed by atoms with Gasteiger partial charge in [-0.05, 0) is 12.1 Å². The highest BCUT2D eigenvalue weighted by atomic mass is 16.5. The Morgan fingerprint density at radius 2 is 2.11 bits per heavy atom. The van der Waals surface area contributed by atoms with Gasteiger partial charge in [-0.25, -0.2) is 5.84 Å². The number of hydrazine groups is 1. The van der Waals surface area contributed by atoms with E-state index in [1.807, 2.05) is 18.2 Å². The first-order valence-corrected chi connectivity index (χ1v) is 6.33. The van der Waals surface area contributed by atoms with Crippen LogP contribution in [0.4, 0.5) is 5.69 Å². The summed E-state index contributed by atoms with van der Waals surface area (Å²) in [7, 11) is 1.67. The number of methoxy groups -OCH3 is 1. The Morgan fingerprint density at radius 3 is 2.74 bits per heavy atom. The van der Waals surface area contributed by atoms with Gasteiger partial charge in [0.05, 0.1) is 13.7 Å². The standard InChI is InChI=1S/C13H20N4O2/c1-19-12-4-2-3-11(9-12)17-7-5-16(6-8-17)10-13(18)15-14/h2-4,9H,5-8,10,14H2,1H3,(H,15,18). The van der Waals surface area contributed by atoms with E-state index in [-0.39, 0.29) is 5.91 Å². The molecule has 2 rings (SSSR count). The molecule has 0 aromatic heterocycles. The van der Waals surface area contributed by atoms with Gasteiger partial charge in [-0.15, -0.1) is 0 Å². The van der Waals surface area contributed by atoms with Crippen molar-refractivity contribution in [1.29, 1.82) is 0 Å². The lowest BCUT2D eigenvalue weighted by molar-refractivity contribution is -0.122. The van der Waals surface area contributed by atoms with E-state index in [1.165, 1.54) is 0 Å². The molecule has 6 nitrogen and oxygen atoms in total. The summed E-state index contributed by atoms with van der Waals surface area (Å²) < 4.78 is 5.23. The number of rotatable bonds is 4. The molecule has 3 N–H and O–H groups in total. The van der Waals surface area contributed by atoms with Crippen LogP contribution in [-0.2, 0) is 4.79 Å². The van der Waals surface area contributed by atoms with Crippen LogP contribution in [0, 0.1) is 0 Å². The smallest absolute Gasteiger partial charge is 0.248 e. The topological polar surface area (TPSA) is 70.8 Å². The second-order valence-electron chi connectivity index (χ2n) is 4.53. The van der Waals surface area contributed by atoms with Crippen molar-refractivity contribution in [1.82, 2.24) is 10.3 Å². The van der Waals surface area contributed by atoms with E-state index in [2.05, 4.69) is 21.3 Å². The van der Waals surface area contributed by atoms with E-state index in [4.69, 9.17) is 10.6 Å². The quantitative estimate of drug-likeness (QED) is 0.448. The number of hydrogen-bond acceptors (Lipinski definition) is 5. The van der Waals surface area contributed by atoms with Gasteiger partial charge in [0.1, 0.15) is 5.75 Å². The van der Waals surface area contributed by atoms with E-state index >= 15 is 0 Å². The highest BCUT2D eigenvalue weighted by Gasteiger charge is 2.18. The summed E-state index contributed by atoms with van der Waals surface area (Å²) in [6, 6.07) is 8.03. The number of nitrogens with two attached hydrogens (primary N) is 1. The number of amides is 1. The zero-order valence-corrected chi connectivity index (χ0v) is 11.1. The molecule has 1 aliphatic rings. The lowest BCUT2D eigenvalue weighted by Gasteiger charge is -2.35. The highest BCUT2D eigenvalue weighted by Crippen LogP contribution is 2.21. The Morgan fingerprint density at radius 1 is 1.37 bits per heavy atom. The van der Waals surface area contributed by atoms with Crippen molar-refractivity contribution >= 4 is 11.6 Å². The molecule has 0 radical (unpaired) electrons. The average Bonchev–Trinajstić information content (AvgIpc) is 2.48. The summed E-state index contributed by atoms with van der Waals surface area (Å²) in [6.07, 6.45) is 0. The molecule has 104 valence electrons. The molecular formula is C13H20N4O2. The molecule has 0 bridgehead atoms. The predicted molar refractivity (Wildman–Crippen MR) is 74.0 cm³/mol. The van der Waals surface area contributed by atoms with E-state index in [9.17, 15) is 4.79 Å². The van der Waals surface area contributed by atoms with E-state index < -0.39 is 0 Å². The molecule has 1 fully saturated rings. The van der Waals surface area contributed by atoms with Crippen LogP contribution in [0.5, 0.6) is 5.75 Å². The SMILES string of the molecule is COc1cccc(N2CCN(CC(=O)NN)CC2)c1. The third kappa shape index (κ3) is 3.59. The number of nitrogens with zero attached hydrogens (tertiary/aromatic N) is 2. The first-order chi connectivity index (χ1) is 9.22. The van der Waals surface area contributed by atoms with Gasteiger partial charge in [0.2, 0.25) is 5.91 Å². The van der Waals surface area contributed by atoms with Crippen LogP contribution in [0.25, 0.3) is 0 Å². The second-order valence-corrected chi connectivity index (χ2v) is 4.53. The van der Waals surface area contributed by atoms with Crippen LogP contribution >= 0.6 is 0 Å². The van der Waals surface area contributed by atoms with E-state index in [0.29, 0.717) is 6.54 Å². The van der Waals surface area contributed by atoms with Crippen molar-refractivity contribution < 1.29 is 9.53 Å². The first-order valence-electron chi connectivity index (χ1n) is 6.33. The fraction of sp³-hybridized carbons (Fsp3) is 0.462. The average molecular weight is 264 g/mol. The Hall–Kier alpha value is -1.79. The molecule has 1 aromatic carbocycles. The van der Waals surface area contributed by atoms with Gasteiger partial charge < -0.3 is 9.64 Å². The lowest BCUT2D eigenvalue weighted by Crippen LogP contribution is -2.50. The summed E-state index contributed by atoms with van der Waals surface area (Å²) in [4.78, 5) is 15.6. The minimum absolute atomic E-state index is 0.144. The molecule has 1 saturated heterocycles. The maximum atomic E-state index is 11.2. The van der Waals surface area contributed by atoms with Gasteiger partial charge in [0.25, 0.3) is 0 Å². The summed E-state index contributed by atoms with van der Waals surface area (Å²) >= 11 is 0. The third-order valence-corrected chi connectivity index (χ3v) is 3.32. The number of carbonyl (C=O) groups excluding carboxylic acids is 1. The molecule has 0 spiro atoms. The van der Waals surface area contributed by atoms with Crippen molar-refractivity contribution in [3.63, 3.8) is 0 Å². The van der Waals surface area contributed by atoms with Gasteiger partial charge in [-0.1, -0.05) is 6.07 Å². The number of carbonyl (C=O) groups is 1. The molecule has 0 saturated carbocycles. The lowest BCUT2D eigenvalue weighted by atomic mass is 10.2.